The standard InChI is InChI=1S/C14H19N3OS/c1-11-8-12(10-15-5-6-18-2)17-14(16-11)9-13-4-3-7-19-13/h3-4,7-8,15H,5-6,9-10H2,1-2H3. The van der Waals surface area contributed by atoms with Gasteiger partial charge >= 0.3 is 0 Å². The van der Waals surface area contributed by atoms with Crippen molar-refractivity contribution in [3.05, 3.63) is 45.7 Å². The van der Waals surface area contributed by atoms with E-state index in [4.69, 9.17) is 4.74 Å². The van der Waals surface area contributed by atoms with Gasteiger partial charge in [0.15, 0.2) is 0 Å². The Morgan fingerprint density at radius 1 is 1.37 bits per heavy atom. The van der Waals surface area contributed by atoms with Gasteiger partial charge in [0.1, 0.15) is 5.82 Å². The minimum atomic E-state index is 0.714. The van der Waals surface area contributed by atoms with E-state index in [9.17, 15) is 0 Å². The first-order valence-electron chi connectivity index (χ1n) is 6.33. The normalized spacial score (nSPS) is 10.8. The lowest BCUT2D eigenvalue weighted by Crippen LogP contribution is -2.19. The molecule has 0 amide bonds. The summed E-state index contributed by atoms with van der Waals surface area (Å²) in [5.74, 6) is 0.894. The van der Waals surface area contributed by atoms with Crippen LogP contribution in [0.25, 0.3) is 0 Å². The zero-order valence-corrected chi connectivity index (χ0v) is 12.2. The molecule has 0 aliphatic carbocycles. The number of nitrogens with zero attached hydrogens (tertiary/aromatic N) is 2. The molecule has 102 valence electrons. The number of hydrogen-bond donors (Lipinski definition) is 1. The molecule has 0 fully saturated rings. The molecule has 0 unspecified atom stereocenters. The molecule has 2 heterocycles. The Morgan fingerprint density at radius 2 is 2.26 bits per heavy atom. The molecule has 0 radical (unpaired) electrons. The van der Waals surface area contributed by atoms with E-state index in [-0.39, 0.29) is 0 Å². The van der Waals surface area contributed by atoms with Crippen LogP contribution in [0.5, 0.6) is 0 Å². The summed E-state index contributed by atoms with van der Waals surface area (Å²) in [5.41, 5.74) is 2.06. The summed E-state index contributed by atoms with van der Waals surface area (Å²) in [7, 11) is 1.70. The predicted octanol–water partition coefficient (Wildman–Crippen LogP) is 2.17. The fourth-order valence-electron chi connectivity index (χ4n) is 1.83. The second-order valence-corrected chi connectivity index (χ2v) is 5.37. The first-order valence-corrected chi connectivity index (χ1v) is 7.21. The molecule has 0 bridgehead atoms. The molecule has 0 saturated carbocycles. The second kappa shape index (κ2) is 7.33. The summed E-state index contributed by atoms with van der Waals surface area (Å²) in [6.07, 6.45) is 0.810. The van der Waals surface area contributed by atoms with Gasteiger partial charge in [0.25, 0.3) is 0 Å². The number of aryl methyl sites for hydroxylation is 1. The first kappa shape index (κ1) is 14.1. The fraction of sp³-hybridized carbons (Fsp3) is 0.429. The van der Waals surface area contributed by atoms with E-state index in [1.165, 1.54) is 4.88 Å². The molecule has 0 atom stereocenters. The summed E-state index contributed by atoms with van der Waals surface area (Å²) in [6, 6.07) is 6.20. The Bertz CT molecular complexity index is 499. The number of rotatable bonds is 7. The van der Waals surface area contributed by atoms with E-state index in [0.29, 0.717) is 6.61 Å². The van der Waals surface area contributed by atoms with Gasteiger partial charge < -0.3 is 10.1 Å². The molecule has 4 nitrogen and oxygen atoms in total. The lowest BCUT2D eigenvalue weighted by atomic mass is 10.3. The molecule has 2 aromatic heterocycles. The molecule has 0 saturated heterocycles. The van der Waals surface area contributed by atoms with Crippen LogP contribution in [0.3, 0.4) is 0 Å². The van der Waals surface area contributed by atoms with Crippen molar-refractivity contribution in [2.45, 2.75) is 19.9 Å². The van der Waals surface area contributed by atoms with E-state index in [2.05, 4.69) is 32.8 Å². The molecule has 0 aliphatic rings. The zero-order chi connectivity index (χ0) is 13.5. The van der Waals surface area contributed by atoms with Crippen molar-refractivity contribution < 1.29 is 4.74 Å². The third-order valence-corrected chi connectivity index (χ3v) is 3.53. The monoisotopic (exact) mass is 277 g/mol. The first-order chi connectivity index (χ1) is 9.28. The van der Waals surface area contributed by atoms with Gasteiger partial charge in [-0.2, -0.15) is 0 Å². The molecule has 5 heteroatoms. The lowest BCUT2D eigenvalue weighted by molar-refractivity contribution is 0.199. The van der Waals surface area contributed by atoms with Crippen LogP contribution >= 0.6 is 11.3 Å². The van der Waals surface area contributed by atoms with Crippen LogP contribution in [-0.2, 0) is 17.7 Å². The van der Waals surface area contributed by atoms with Crippen LogP contribution in [0.1, 0.15) is 22.1 Å². The van der Waals surface area contributed by atoms with Crippen LogP contribution in [-0.4, -0.2) is 30.2 Å². The van der Waals surface area contributed by atoms with Crippen LogP contribution in [0.4, 0.5) is 0 Å². The van der Waals surface area contributed by atoms with Crippen LogP contribution in [0, 0.1) is 6.92 Å². The average Bonchev–Trinajstić information content (AvgIpc) is 2.87. The van der Waals surface area contributed by atoms with Crippen LogP contribution in [0.15, 0.2) is 23.6 Å². The van der Waals surface area contributed by atoms with Crippen molar-refractivity contribution in [1.29, 1.82) is 0 Å². The van der Waals surface area contributed by atoms with E-state index < -0.39 is 0 Å². The van der Waals surface area contributed by atoms with Gasteiger partial charge in [0.2, 0.25) is 0 Å². The maximum atomic E-state index is 5.00. The number of methoxy groups -OCH3 is 1. The zero-order valence-electron chi connectivity index (χ0n) is 11.3. The van der Waals surface area contributed by atoms with Crippen molar-refractivity contribution >= 4 is 11.3 Å². The Hall–Kier alpha value is -1.30. The SMILES string of the molecule is COCCNCc1cc(C)nc(Cc2cccs2)n1. The highest BCUT2D eigenvalue weighted by Gasteiger charge is 2.04. The molecular weight excluding hydrogens is 258 g/mol. The van der Waals surface area contributed by atoms with E-state index in [1.54, 1.807) is 18.4 Å². The predicted molar refractivity (Wildman–Crippen MR) is 77.5 cm³/mol. The van der Waals surface area contributed by atoms with Crippen molar-refractivity contribution in [2.75, 3.05) is 20.3 Å². The van der Waals surface area contributed by atoms with Crippen molar-refractivity contribution in [3.63, 3.8) is 0 Å². The van der Waals surface area contributed by atoms with Crippen molar-refractivity contribution in [1.82, 2.24) is 15.3 Å². The Kier molecular flexibility index (Phi) is 5.44. The Balaban J connectivity index is 1.98. The second-order valence-electron chi connectivity index (χ2n) is 4.34. The van der Waals surface area contributed by atoms with Gasteiger partial charge in [-0.05, 0) is 24.4 Å². The number of thiophene rings is 1. The summed E-state index contributed by atoms with van der Waals surface area (Å²) in [5, 5.41) is 5.38. The highest BCUT2D eigenvalue weighted by Crippen LogP contribution is 2.13. The Morgan fingerprint density at radius 3 is 3.00 bits per heavy atom. The van der Waals surface area contributed by atoms with Crippen molar-refractivity contribution in [3.8, 4) is 0 Å². The third-order valence-electron chi connectivity index (χ3n) is 2.66. The maximum Gasteiger partial charge on any atom is 0.134 e. The number of ether oxygens (including phenoxy) is 1. The van der Waals surface area contributed by atoms with E-state index in [1.807, 2.05) is 13.0 Å². The van der Waals surface area contributed by atoms with E-state index in [0.717, 1.165) is 36.7 Å². The minimum absolute atomic E-state index is 0.714. The summed E-state index contributed by atoms with van der Waals surface area (Å²) >= 11 is 1.74. The van der Waals surface area contributed by atoms with Gasteiger partial charge in [-0.25, -0.2) is 9.97 Å². The quantitative estimate of drug-likeness (QED) is 0.788. The minimum Gasteiger partial charge on any atom is -0.383 e. The topological polar surface area (TPSA) is 47.0 Å². The summed E-state index contributed by atoms with van der Waals surface area (Å²) in [4.78, 5) is 10.4. The van der Waals surface area contributed by atoms with Crippen molar-refractivity contribution in [2.24, 2.45) is 0 Å². The highest BCUT2D eigenvalue weighted by molar-refractivity contribution is 7.09. The van der Waals surface area contributed by atoms with Crippen LogP contribution in [0.2, 0.25) is 0 Å². The highest BCUT2D eigenvalue weighted by atomic mass is 32.1. The molecule has 0 aromatic carbocycles. The molecular formula is C14H19N3OS. The fourth-order valence-corrected chi connectivity index (χ4v) is 2.53. The number of nitrogens with one attached hydrogen (secondary N) is 1. The molecule has 0 aliphatic heterocycles. The summed E-state index contributed by atoms with van der Waals surface area (Å²) in [6.45, 7) is 4.31. The number of hydrogen-bond acceptors (Lipinski definition) is 5. The third kappa shape index (κ3) is 4.70. The van der Waals surface area contributed by atoms with Gasteiger partial charge in [-0.1, -0.05) is 6.07 Å². The maximum absolute atomic E-state index is 5.00. The lowest BCUT2D eigenvalue weighted by Gasteiger charge is -2.07. The van der Waals surface area contributed by atoms with Gasteiger partial charge in [0.05, 0.1) is 12.3 Å². The van der Waals surface area contributed by atoms with Gasteiger partial charge in [-0.3, -0.25) is 0 Å². The van der Waals surface area contributed by atoms with Gasteiger partial charge in [0, 0.05) is 37.2 Å². The Labute approximate surface area is 117 Å². The molecule has 2 rings (SSSR count). The molecule has 0 spiro atoms. The molecule has 2 aromatic rings. The average molecular weight is 277 g/mol. The van der Waals surface area contributed by atoms with Gasteiger partial charge in [-0.15, -0.1) is 11.3 Å². The molecule has 1 N–H and O–H groups in total. The smallest absolute Gasteiger partial charge is 0.134 e. The largest absolute Gasteiger partial charge is 0.383 e. The number of aromatic nitrogens is 2. The molecule has 19 heavy (non-hydrogen) atoms. The van der Waals surface area contributed by atoms with Crippen LogP contribution < -0.4 is 5.32 Å². The van der Waals surface area contributed by atoms with E-state index >= 15 is 0 Å². The summed E-state index contributed by atoms with van der Waals surface area (Å²) < 4.78 is 5.00.